The monoisotopic (exact) mass is 396 g/mol. The predicted octanol–water partition coefficient (Wildman–Crippen LogP) is 5.40. The van der Waals surface area contributed by atoms with Crippen LogP contribution in [-0.4, -0.2) is 18.4 Å². The minimum Gasteiger partial charge on any atom is -0.322 e. The molecule has 4 nitrogen and oxygen atoms in total. The van der Waals surface area contributed by atoms with Crippen molar-refractivity contribution >= 4 is 34.8 Å². The number of nitrogens with zero attached hydrogens (tertiary/aromatic N) is 1. The number of benzene rings is 3. The molecule has 1 N–H and O–H groups in total. The van der Waals surface area contributed by atoms with Crippen LogP contribution in [0.4, 0.5) is 15.8 Å². The molecule has 0 bridgehead atoms. The van der Waals surface area contributed by atoms with E-state index in [2.05, 4.69) is 5.32 Å². The lowest BCUT2D eigenvalue weighted by Gasteiger charge is -2.21. The molecule has 0 unspecified atom stereocenters. The van der Waals surface area contributed by atoms with Gasteiger partial charge in [0, 0.05) is 29.0 Å². The Morgan fingerprint density at radius 2 is 1.68 bits per heavy atom. The number of anilines is 2. The Morgan fingerprint density at radius 1 is 0.964 bits per heavy atom. The summed E-state index contributed by atoms with van der Waals surface area (Å²) in [6.45, 7) is 2.38. The molecule has 0 aliphatic heterocycles. The van der Waals surface area contributed by atoms with Crippen LogP contribution in [0.1, 0.15) is 27.6 Å². The van der Waals surface area contributed by atoms with Crippen molar-refractivity contribution in [3.05, 3.63) is 94.8 Å². The molecule has 142 valence electrons. The largest absolute Gasteiger partial charge is 0.322 e. The van der Waals surface area contributed by atoms with Gasteiger partial charge in [-0.25, -0.2) is 4.39 Å². The van der Waals surface area contributed by atoms with Crippen LogP contribution in [0, 0.1) is 5.82 Å². The lowest BCUT2D eigenvalue weighted by molar-refractivity contribution is 0.0988. The average Bonchev–Trinajstić information content (AvgIpc) is 2.72. The first-order valence-corrected chi connectivity index (χ1v) is 9.10. The second-order valence-electron chi connectivity index (χ2n) is 6.05. The summed E-state index contributed by atoms with van der Waals surface area (Å²) in [5.74, 6) is -1.18. The van der Waals surface area contributed by atoms with Crippen LogP contribution >= 0.6 is 11.6 Å². The number of carbonyl (C=O) groups excluding carboxylic acids is 2. The SMILES string of the molecule is CCN(C(=O)c1cccc(C(=O)Nc2ccc(F)c(Cl)c2)c1)c1ccccc1. The number of hydrogen-bond donors (Lipinski definition) is 1. The molecular formula is C22H18ClFN2O2. The maximum absolute atomic E-state index is 13.3. The minimum absolute atomic E-state index is 0.0804. The van der Waals surface area contributed by atoms with E-state index in [9.17, 15) is 14.0 Å². The molecule has 3 aromatic rings. The number of carbonyl (C=O) groups is 2. The third kappa shape index (κ3) is 4.38. The third-order valence-electron chi connectivity index (χ3n) is 4.18. The van der Waals surface area contributed by atoms with Crippen molar-refractivity contribution in [1.29, 1.82) is 0 Å². The quantitative estimate of drug-likeness (QED) is 0.627. The summed E-state index contributed by atoms with van der Waals surface area (Å²) in [4.78, 5) is 27.1. The third-order valence-corrected chi connectivity index (χ3v) is 4.47. The summed E-state index contributed by atoms with van der Waals surface area (Å²) >= 11 is 5.74. The molecule has 0 heterocycles. The van der Waals surface area contributed by atoms with E-state index in [0.29, 0.717) is 23.4 Å². The molecule has 28 heavy (non-hydrogen) atoms. The van der Waals surface area contributed by atoms with Crippen LogP contribution in [0.25, 0.3) is 0 Å². The van der Waals surface area contributed by atoms with Crippen LogP contribution in [-0.2, 0) is 0 Å². The van der Waals surface area contributed by atoms with Crippen LogP contribution in [0.15, 0.2) is 72.8 Å². The van der Waals surface area contributed by atoms with Crippen LogP contribution in [0.5, 0.6) is 0 Å². The number of halogens is 2. The topological polar surface area (TPSA) is 49.4 Å². The van der Waals surface area contributed by atoms with E-state index in [0.717, 1.165) is 5.69 Å². The van der Waals surface area contributed by atoms with Gasteiger partial charge in [-0.1, -0.05) is 35.9 Å². The van der Waals surface area contributed by atoms with Gasteiger partial charge in [0.25, 0.3) is 11.8 Å². The number of hydrogen-bond acceptors (Lipinski definition) is 2. The fourth-order valence-electron chi connectivity index (χ4n) is 2.78. The molecule has 0 atom stereocenters. The lowest BCUT2D eigenvalue weighted by atomic mass is 10.1. The summed E-state index contributed by atoms with van der Waals surface area (Å²) in [6.07, 6.45) is 0. The molecule has 3 aromatic carbocycles. The molecule has 0 fully saturated rings. The second kappa shape index (κ2) is 8.67. The summed E-state index contributed by atoms with van der Waals surface area (Å²) in [5.41, 5.74) is 1.87. The molecule has 3 rings (SSSR count). The van der Waals surface area contributed by atoms with E-state index in [1.807, 2.05) is 37.3 Å². The Hall–Kier alpha value is -3.18. The molecule has 6 heteroatoms. The van der Waals surface area contributed by atoms with Gasteiger partial charge in [-0.05, 0) is 55.5 Å². The fraction of sp³-hybridized carbons (Fsp3) is 0.0909. The number of para-hydroxylation sites is 1. The molecule has 0 radical (unpaired) electrons. The Labute approximate surface area is 167 Å². The van der Waals surface area contributed by atoms with Crippen molar-refractivity contribution < 1.29 is 14.0 Å². The van der Waals surface area contributed by atoms with Gasteiger partial charge in [0.15, 0.2) is 0 Å². The highest BCUT2D eigenvalue weighted by atomic mass is 35.5. The molecule has 0 spiro atoms. The van der Waals surface area contributed by atoms with Gasteiger partial charge >= 0.3 is 0 Å². The van der Waals surface area contributed by atoms with Gasteiger partial charge in [0.05, 0.1) is 5.02 Å². The summed E-state index contributed by atoms with van der Waals surface area (Å²) in [6, 6.07) is 19.7. The van der Waals surface area contributed by atoms with Crippen LogP contribution in [0.3, 0.4) is 0 Å². The molecule has 0 saturated carbocycles. The van der Waals surface area contributed by atoms with E-state index in [4.69, 9.17) is 11.6 Å². The molecule has 0 aliphatic rings. The van der Waals surface area contributed by atoms with Gasteiger partial charge in [-0.15, -0.1) is 0 Å². The van der Waals surface area contributed by atoms with Crippen molar-refractivity contribution in [2.75, 3.05) is 16.8 Å². The van der Waals surface area contributed by atoms with Gasteiger partial charge in [-0.3, -0.25) is 9.59 Å². The average molecular weight is 397 g/mol. The molecule has 0 saturated heterocycles. The first-order valence-electron chi connectivity index (χ1n) is 8.73. The first kappa shape index (κ1) is 19.6. The zero-order valence-electron chi connectivity index (χ0n) is 15.2. The van der Waals surface area contributed by atoms with E-state index < -0.39 is 11.7 Å². The highest BCUT2D eigenvalue weighted by Crippen LogP contribution is 2.21. The summed E-state index contributed by atoms with van der Waals surface area (Å²) < 4.78 is 13.3. The van der Waals surface area contributed by atoms with Gasteiger partial charge in [0.2, 0.25) is 0 Å². The second-order valence-corrected chi connectivity index (χ2v) is 6.46. The Kier molecular flexibility index (Phi) is 6.06. The van der Waals surface area contributed by atoms with Crippen molar-refractivity contribution in [2.45, 2.75) is 6.92 Å². The maximum Gasteiger partial charge on any atom is 0.258 e. The number of amides is 2. The van der Waals surface area contributed by atoms with Crippen molar-refractivity contribution in [1.82, 2.24) is 0 Å². The highest BCUT2D eigenvalue weighted by molar-refractivity contribution is 6.31. The zero-order chi connectivity index (χ0) is 20.1. The Balaban J connectivity index is 1.81. The van der Waals surface area contributed by atoms with Gasteiger partial charge in [0.1, 0.15) is 5.82 Å². The number of nitrogens with one attached hydrogen (secondary N) is 1. The van der Waals surface area contributed by atoms with Crippen molar-refractivity contribution in [2.24, 2.45) is 0 Å². The normalized spacial score (nSPS) is 10.4. The van der Waals surface area contributed by atoms with Crippen molar-refractivity contribution in [3.8, 4) is 0 Å². The predicted molar refractivity (Wildman–Crippen MR) is 110 cm³/mol. The van der Waals surface area contributed by atoms with Gasteiger partial charge in [-0.2, -0.15) is 0 Å². The summed E-state index contributed by atoms with van der Waals surface area (Å²) in [7, 11) is 0. The summed E-state index contributed by atoms with van der Waals surface area (Å²) in [5, 5.41) is 2.57. The first-order chi connectivity index (χ1) is 13.5. The van der Waals surface area contributed by atoms with E-state index in [-0.39, 0.29) is 10.9 Å². The molecular weight excluding hydrogens is 379 g/mol. The highest BCUT2D eigenvalue weighted by Gasteiger charge is 2.17. The lowest BCUT2D eigenvalue weighted by Crippen LogP contribution is -2.30. The van der Waals surface area contributed by atoms with E-state index >= 15 is 0 Å². The van der Waals surface area contributed by atoms with E-state index in [1.165, 1.54) is 24.3 Å². The maximum atomic E-state index is 13.3. The van der Waals surface area contributed by atoms with Crippen LogP contribution < -0.4 is 10.2 Å². The Morgan fingerprint density at radius 3 is 2.36 bits per heavy atom. The fourth-order valence-corrected chi connectivity index (χ4v) is 2.96. The minimum atomic E-state index is -0.562. The standard InChI is InChI=1S/C22H18ClFN2O2/c1-2-26(18-9-4-3-5-10-18)22(28)16-8-6-7-15(13-16)21(27)25-17-11-12-20(24)19(23)14-17/h3-14H,2H2,1H3,(H,25,27). The molecule has 0 aliphatic carbocycles. The zero-order valence-corrected chi connectivity index (χ0v) is 15.9. The van der Waals surface area contributed by atoms with Crippen molar-refractivity contribution in [3.63, 3.8) is 0 Å². The molecule has 0 aromatic heterocycles. The van der Waals surface area contributed by atoms with E-state index in [1.54, 1.807) is 23.1 Å². The molecule has 2 amide bonds. The Bertz CT molecular complexity index is 1010. The number of rotatable bonds is 5. The smallest absolute Gasteiger partial charge is 0.258 e. The van der Waals surface area contributed by atoms with Crippen LogP contribution in [0.2, 0.25) is 5.02 Å². The van der Waals surface area contributed by atoms with Gasteiger partial charge < -0.3 is 10.2 Å².